The van der Waals surface area contributed by atoms with E-state index < -0.39 is 10.0 Å². The second-order valence-corrected chi connectivity index (χ2v) is 11.1. The largest absolute Gasteiger partial charge is 0.311 e. The quantitative estimate of drug-likeness (QED) is 0.680. The Hall–Kier alpha value is -2.48. The van der Waals surface area contributed by atoms with Gasteiger partial charge in [0.15, 0.2) is 0 Å². The Labute approximate surface area is 196 Å². The zero-order chi connectivity index (χ0) is 23.0. The van der Waals surface area contributed by atoms with Crippen molar-refractivity contribution in [2.45, 2.75) is 56.0 Å². The van der Waals surface area contributed by atoms with E-state index in [9.17, 15) is 13.2 Å². The molecule has 7 heteroatoms. The minimum atomic E-state index is -3.66. The topological polar surface area (TPSA) is 69.7 Å². The van der Waals surface area contributed by atoms with E-state index in [1.54, 1.807) is 30.1 Å². The summed E-state index contributed by atoms with van der Waals surface area (Å²) >= 11 is 0. The van der Waals surface area contributed by atoms with Crippen LogP contribution in [0.25, 0.3) is 5.57 Å². The molecule has 174 valence electrons. The van der Waals surface area contributed by atoms with E-state index in [0.717, 1.165) is 75.0 Å². The van der Waals surface area contributed by atoms with Gasteiger partial charge in [0.05, 0.1) is 10.6 Å². The summed E-state index contributed by atoms with van der Waals surface area (Å²) in [5.41, 5.74) is 4.72. The maximum absolute atomic E-state index is 13.2. The van der Waals surface area contributed by atoms with Crippen molar-refractivity contribution in [1.29, 1.82) is 0 Å². The summed E-state index contributed by atoms with van der Waals surface area (Å²) in [5.74, 6) is -0.0183. The van der Waals surface area contributed by atoms with E-state index in [-0.39, 0.29) is 16.8 Å². The number of piperidine rings is 1. The highest BCUT2D eigenvalue weighted by Gasteiger charge is 2.34. The summed E-state index contributed by atoms with van der Waals surface area (Å²) in [5, 5.41) is 0. The number of carbonyl (C=O) groups is 1. The maximum Gasteiger partial charge on any atom is 0.258 e. The van der Waals surface area contributed by atoms with Crippen molar-refractivity contribution < 1.29 is 13.2 Å². The third kappa shape index (κ3) is 4.50. The SMILES string of the molecule is CN1C(=O)C(=C2CCCC2)c2cc(S(=O)(=O)NC3CCN(Cc4ccccc4)CC3)ccc21. The van der Waals surface area contributed by atoms with Crippen LogP contribution in [-0.2, 0) is 21.4 Å². The Bertz CT molecular complexity index is 1170. The van der Waals surface area contributed by atoms with Crippen LogP contribution in [0.15, 0.2) is 59.0 Å². The number of hydrogen-bond donors (Lipinski definition) is 1. The number of hydrogen-bond acceptors (Lipinski definition) is 4. The van der Waals surface area contributed by atoms with Crippen molar-refractivity contribution in [1.82, 2.24) is 9.62 Å². The van der Waals surface area contributed by atoms with Gasteiger partial charge in [0, 0.05) is 43.9 Å². The van der Waals surface area contributed by atoms with E-state index in [1.807, 2.05) is 18.2 Å². The van der Waals surface area contributed by atoms with Gasteiger partial charge in [0.1, 0.15) is 0 Å². The van der Waals surface area contributed by atoms with E-state index >= 15 is 0 Å². The Morgan fingerprint density at radius 1 is 1.00 bits per heavy atom. The molecule has 0 radical (unpaired) electrons. The Morgan fingerprint density at radius 3 is 2.39 bits per heavy atom. The van der Waals surface area contributed by atoms with Gasteiger partial charge < -0.3 is 4.90 Å². The van der Waals surface area contributed by atoms with Crippen molar-refractivity contribution in [3.63, 3.8) is 0 Å². The molecule has 2 aromatic carbocycles. The minimum absolute atomic E-state index is 0.0183. The molecule has 2 heterocycles. The number of benzene rings is 2. The molecule has 2 fully saturated rings. The lowest BCUT2D eigenvalue weighted by Crippen LogP contribution is -2.44. The number of nitrogens with zero attached hydrogens (tertiary/aromatic N) is 2. The Balaban J connectivity index is 1.29. The van der Waals surface area contributed by atoms with Gasteiger partial charge in [-0.2, -0.15) is 0 Å². The number of anilines is 1. The molecular formula is C26H31N3O3S. The smallest absolute Gasteiger partial charge is 0.258 e. The molecule has 1 saturated carbocycles. The molecule has 3 aliphatic rings. The predicted octanol–water partition coefficient (Wildman–Crippen LogP) is 3.93. The molecule has 2 aromatic rings. The molecule has 0 spiro atoms. The maximum atomic E-state index is 13.2. The molecule has 0 aromatic heterocycles. The highest BCUT2D eigenvalue weighted by Crippen LogP contribution is 2.42. The number of rotatable bonds is 5. The van der Waals surface area contributed by atoms with Crippen LogP contribution in [0.2, 0.25) is 0 Å². The first-order chi connectivity index (χ1) is 15.9. The van der Waals surface area contributed by atoms with Gasteiger partial charge in [-0.3, -0.25) is 9.69 Å². The fourth-order valence-electron chi connectivity index (χ4n) is 5.30. The average molecular weight is 466 g/mol. The predicted molar refractivity (Wildman–Crippen MR) is 130 cm³/mol. The molecule has 0 atom stereocenters. The van der Waals surface area contributed by atoms with Gasteiger partial charge in [-0.05, 0) is 62.3 Å². The van der Waals surface area contributed by atoms with Gasteiger partial charge in [0.2, 0.25) is 10.0 Å². The average Bonchev–Trinajstić information content (AvgIpc) is 3.42. The van der Waals surface area contributed by atoms with Crippen LogP contribution >= 0.6 is 0 Å². The molecule has 33 heavy (non-hydrogen) atoms. The standard InChI is InChI=1S/C26H31N3O3S/c1-28-24-12-11-22(17-23(24)25(26(28)30)20-9-5-6-10-20)33(31,32)27-21-13-15-29(16-14-21)18-19-7-3-2-4-8-19/h2-4,7-8,11-12,17,21,27H,5-6,9-10,13-16,18H2,1H3. The molecule has 1 saturated heterocycles. The molecule has 0 unspecified atom stereocenters. The minimum Gasteiger partial charge on any atom is -0.311 e. The highest BCUT2D eigenvalue weighted by atomic mass is 32.2. The number of amides is 1. The molecule has 1 amide bonds. The third-order valence-corrected chi connectivity index (χ3v) is 8.66. The van der Waals surface area contributed by atoms with Gasteiger partial charge in [-0.1, -0.05) is 35.9 Å². The summed E-state index contributed by atoms with van der Waals surface area (Å²) in [6.45, 7) is 2.62. The Kier molecular flexibility index (Phi) is 6.12. The first kappa shape index (κ1) is 22.3. The molecule has 6 nitrogen and oxygen atoms in total. The third-order valence-electron chi connectivity index (χ3n) is 7.15. The molecule has 0 bridgehead atoms. The Morgan fingerprint density at radius 2 is 1.70 bits per heavy atom. The lowest BCUT2D eigenvalue weighted by atomic mass is 10.00. The number of nitrogens with one attached hydrogen (secondary N) is 1. The van der Waals surface area contributed by atoms with Crippen molar-refractivity contribution in [3.05, 3.63) is 65.2 Å². The molecule has 1 aliphatic carbocycles. The van der Waals surface area contributed by atoms with E-state index in [1.165, 1.54) is 11.1 Å². The second-order valence-electron chi connectivity index (χ2n) is 9.39. The van der Waals surface area contributed by atoms with Gasteiger partial charge >= 0.3 is 0 Å². The van der Waals surface area contributed by atoms with Crippen LogP contribution in [0, 0.1) is 0 Å². The lowest BCUT2D eigenvalue weighted by molar-refractivity contribution is -0.112. The van der Waals surface area contributed by atoms with Crippen molar-refractivity contribution in [3.8, 4) is 0 Å². The first-order valence-corrected chi connectivity index (χ1v) is 13.3. The monoisotopic (exact) mass is 465 g/mol. The summed E-state index contributed by atoms with van der Waals surface area (Å²) in [6.07, 6.45) is 5.60. The van der Waals surface area contributed by atoms with Crippen LogP contribution in [0.5, 0.6) is 0 Å². The zero-order valence-corrected chi connectivity index (χ0v) is 19.9. The van der Waals surface area contributed by atoms with Crippen molar-refractivity contribution >= 4 is 27.2 Å². The van der Waals surface area contributed by atoms with Gasteiger partial charge in [-0.25, -0.2) is 13.1 Å². The van der Waals surface area contributed by atoms with Crippen LogP contribution in [0.1, 0.15) is 49.7 Å². The number of likely N-dealkylation sites (tertiary alicyclic amines) is 1. The second kappa shape index (κ2) is 9.05. The summed E-state index contributed by atoms with van der Waals surface area (Å²) in [6, 6.07) is 15.4. The van der Waals surface area contributed by atoms with E-state index in [2.05, 4.69) is 21.8 Å². The van der Waals surface area contributed by atoms with Crippen LogP contribution < -0.4 is 9.62 Å². The van der Waals surface area contributed by atoms with Crippen LogP contribution in [0.3, 0.4) is 0 Å². The zero-order valence-electron chi connectivity index (χ0n) is 19.1. The molecule has 1 N–H and O–H groups in total. The normalized spacial score (nSPS) is 20.0. The molecular weight excluding hydrogens is 434 g/mol. The van der Waals surface area contributed by atoms with E-state index in [0.29, 0.717) is 0 Å². The number of carbonyl (C=O) groups excluding carboxylic acids is 1. The molecule has 2 aliphatic heterocycles. The number of sulfonamides is 1. The van der Waals surface area contributed by atoms with Crippen molar-refractivity contribution in [2.24, 2.45) is 0 Å². The van der Waals surface area contributed by atoms with Gasteiger partial charge in [-0.15, -0.1) is 0 Å². The van der Waals surface area contributed by atoms with Crippen molar-refractivity contribution in [2.75, 3.05) is 25.0 Å². The number of fused-ring (bicyclic) bond motifs is 1. The lowest BCUT2D eigenvalue weighted by Gasteiger charge is -2.32. The fraction of sp³-hybridized carbons (Fsp3) is 0.423. The first-order valence-electron chi connectivity index (χ1n) is 11.9. The number of allylic oxidation sites excluding steroid dienone is 1. The van der Waals surface area contributed by atoms with Gasteiger partial charge in [0.25, 0.3) is 5.91 Å². The fourth-order valence-corrected chi connectivity index (χ4v) is 6.63. The number of likely N-dealkylation sites (N-methyl/N-ethyl adjacent to an activating group) is 1. The molecule has 5 rings (SSSR count). The summed E-state index contributed by atoms with van der Waals surface area (Å²) < 4.78 is 29.4. The summed E-state index contributed by atoms with van der Waals surface area (Å²) in [7, 11) is -1.90. The van der Waals surface area contributed by atoms with Crippen LogP contribution in [-0.4, -0.2) is 45.4 Å². The van der Waals surface area contributed by atoms with E-state index in [4.69, 9.17) is 0 Å². The summed E-state index contributed by atoms with van der Waals surface area (Å²) in [4.78, 5) is 17.1. The highest BCUT2D eigenvalue weighted by molar-refractivity contribution is 7.89. The van der Waals surface area contributed by atoms with Crippen LogP contribution in [0.4, 0.5) is 5.69 Å².